The molecule has 3 unspecified atom stereocenters. The molecule has 468 valence electrons. The van der Waals surface area contributed by atoms with E-state index in [0.717, 1.165) is 85.0 Å². The Bertz CT molecular complexity index is 2880. The number of halogens is 1. The van der Waals surface area contributed by atoms with Gasteiger partial charge >= 0.3 is 0 Å². The molecule has 85 heavy (non-hydrogen) atoms. The molecular weight excluding hydrogens is 1120 g/mol. The Morgan fingerprint density at radius 3 is 2.25 bits per heavy atom. The van der Waals surface area contributed by atoms with Crippen LogP contribution in [0.2, 0.25) is 0 Å². The van der Waals surface area contributed by atoms with Crippen molar-refractivity contribution in [2.45, 2.75) is 157 Å². The minimum atomic E-state index is -0.361. The molecule has 3 atom stereocenters. The molecule has 7 N–H and O–H groups in total. The van der Waals surface area contributed by atoms with Gasteiger partial charge in [-0.25, -0.2) is 14.4 Å². The monoisotopic (exact) mass is 1210 g/mol. The maximum atomic E-state index is 14.1. The Labute approximate surface area is 513 Å². The summed E-state index contributed by atoms with van der Waals surface area (Å²) in [6, 6.07) is 21.2. The second-order valence-corrected chi connectivity index (χ2v) is 25.2. The summed E-state index contributed by atoms with van der Waals surface area (Å²) < 4.78 is 29.5. The summed E-state index contributed by atoms with van der Waals surface area (Å²) in [5, 5.41) is 38.3. The summed E-state index contributed by atoms with van der Waals surface area (Å²) in [4.78, 5) is 42.1. The smallest absolute Gasteiger partial charge is 0.240 e. The van der Waals surface area contributed by atoms with E-state index in [4.69, 9.17) is 34.6 Å². The summed E-state index contributed by atoms with van der Waals surface area (Å²) in [6.07, 6.45) is 9.95. The zero-order chi connectivity index (χ0) is 62.5. The lowest BCUT2D eigenvalue weighted by Gasteiger charge is -2.35. The quantitative estimate of drug-likeness (QED) is 0.0180. The molecule has 2 aliphatic rings. The van der Waals surface area contributed by atoms with Crippen molar-refractivity contribution in [3.05, 3.63) is 113 Å². The van der Waals surface area contributed by atoms with Gasteiger partial charge in [0.2, 0.25) is 11.8 Å². The lowest BCUT2D eigenvalue weighted by Crippen LogP contribution is -2.53. The van der Waals surface area contributed by atoms with Crippen LogP contribution < -0.4 is 20.1 Å². The Kier molecular flexibility index (Phi) is 31.7. The van der Waals surface area contributed by atoms with Gasteiger partial charge in [0, 0.05) is 55.8 Å². The summed E-state index contributed by atoms with van der Waals surface area (Å²) in [6.45, 7) is 32.3. The number of morpholine rings is 1. The molecule has 6 aromatic rings. The van der Waals surface area contributed by atoms with Crippen molar-refractivity contribution in [2.24, 2.45) is 17.3 Å². The average Bonchev–Trinajstić information content (AvgIpc) is 4.16. The number of thiazole rings is 1. The number of hydrogen-bond acceptors (Lipinski definition) is 17. The number of aryl methyl sites for hydroxylation is 2. The van der Waals surface area contributed by atoms with Crippen LogP contribution in [0.5, 0.6) is 5.88 Å². The Balaban J connectivity index is 0.000000307. The summed E-state index contributed by atoms with van der Waals surface area (Å²) >= 11 is 2.91. The minimum Gasteiger partial charge on any atom is -0.474 e. The van der Waals surface area contributed by atoms with E-state index < -0.39 is 0 Å². The van der Waals surface area contributed by atoms with E-state index in [1.54, 1.807) is 37.4 Å². The molecule has 5 heterocycles. The number of fused-ring (bicyclic) bond motifs is 1. The number of carbonyl (C=O) groups is 2. The lowest BCUT2D eigenvalue weighted by molar-refractivity contribution is -0.136. The molecule has 0 spiro atoms. The van der Waals surface area contributed by atoms with E-state index in [0.29, 0.717) is 60.8 Å². The largest absolute Gasteiger partial charge is 0.474 e. The zero-order valence-electron chi connectivity index (χ0n) is 52.4. The molecule has 0 aliphatic carbocycles. The van der Waals surface area contributed by atoms with Gasteiger partial charge < -0.3 is 49.8 Å². The van der Waals surface area contributed by atoms with Crippen LogP contribution in [0.3, 0.4) is 0 Å². The number of aromatic amines is 1. The number of likely N-dealkylation sites (N-methyl/N-ethyl adjacent to an activating group) is 1. The van der Waals surface area contributed by atoms with Crippen LogP contribution in [-0.2, 0) is 20.9 Å². The third kappa shape index (κ3) is 25.2. The van der Waals surface area contributed by atoms with Gasteiger partial charge in [0.15, 0.2) is 11.5 Å². The molecule has 0 radical (unpaired) electrons. The van der Waals surface area contributed by atoms with Crippen molar-refractivity contribution in [1.29, 1.82) is 0 Å². The number of ether oxygens (including phenoxy) is 2. The third-order valence-electron chi connectivity index (χ3n) is 13.8. The van der Waals surface area contributed by atoms with Crippen molar-refractivity contribution in [3.63, 3.8) is 0 Å². The van der Waals surface area contributed by atoms with Crippen LogP contribution in [0.1, 0.15) is 124 Å². The summed E-state index contributed by atoms with van der Waals surface area (Å²) in [5.41, 5.74) is 9.45. The number of nitrogens with one attached hydrogen (secondary N) is 4. The first kappa shape index (κ1) is 71.6. The number of carbonyl (C=O) groups excluding carboxylic acids is 2. The number of H-pyrrole nitrogens is 1. The highest BCUT2D eigenvalue weighted by molar-refractivity contribution is 8.00. The van der Waals surface area contributed by atoms with Crippen molar-refractivity contribution in [3.8, 4) is 27.7 Å². The van der Waals surface area contributed by atoms with Gasteiger partial charge in [0.25, 0.3) is 0 Å². The van der Waals surface area contributed by atoms with Crippen LogP contribution in [0, 0.1) is 36.9 Å². The Hall–Kier alpha value is -5.84. The number of rotatable bonds is 23. The highest BCUT2D eigenvalue weighted by Gasteiger charge is 2.38. The van der Waals surface area contributed by atoms with Crippen molar-refractivity contribution in [1.82, 2.24) is 45.6 Å². The molecule has 17 nitrogen and oxygen atoms in total. The number of anilines is 1. The Morgan fingerprint density at radius 1 is 0.965 bits per heavy atom. The van der Waals surface area contributed by atoms with Gasteiger partial charge in [-0.1, -0.05) is 105 Å². The molecule has 3 aromatic heterocycles. The number of aldehydes is 1. The molecule has 0 saturated carbocycles. The third-order valence-corrected chi connectivity index (χ3v) is 15.6. The second kappa shape index (κ2) is 37.7. The van der Waals surface area contributed by atoms with E-state index in [1.807, 2.05) is 61.6 Å². The highest BCUT2D eigenvalue weighted by Crippen LogP contribution is 2.31. The fourth-order valence-electron chi connectivity index (χ4n) is 9.29. The second-order valence-electron chi connectivity index (χ2n) is 23.5. The van der Waals surface area contributed by atoms with Crippen LogP contribution in [0.15, 0.2) is 95.6 Å². The molecule has 2 saturated heterocycles. The van der Waals surface area contributed by atoms with Gasteiger partial charge in [-0.2, -0.15) is 10.1 Å². The maximum Gasteiger partial charge on any atom is 0.240 e. The van der Waals surface area contributed by atoms with Gasteiger partial charge in [0.05, 0.1) is 52.5 Å². The first-order valence-corrected chi connectivity index (χ1v) is 31.5. The number of nitrogens with zero attached hydrogens (tertiary/aromatic N) is 6. The molecular formula is C65H97FN10O7S2. The van der Waals surface area contributed by atoms with Gasteiger partial charge in [0.1, 0.15) is 30.2 Å². The van der Waals surface area contributed by atoms with Crippen molar-refractivity contribution >= 4 is 52.2 Å². The summed E-state index contributed by atoms with van der Waals surface area (Å²) in [7, 11) is 1.86. The van der Waals surface area contributed by atoms with Crippen LogP contribution in [0.25, 0.3) is 32.9 Å². The standard InChI is InChI=1S/C31H39FN6O2S.C24H34N4OS.C5H12O.C3H8O.C2H4O2/c1-21(2)7-5-4-6-14-38-15-16-39-25(19-38)20-40-31-26-18-33-36-30(26)34-29(35-31)23-9-11-24(12-10-23)37-41-28-17-22(3)8-13-27(28)32;1-16(20-8-7-13-28(20)23(29)22(25-6)24(3,4)5)26-14-18-9-11-19(12-10-18)21-17(2)27-15-30-21;1-5(2)3-4-6;1-3(2)4;3-1-2-4/h8-13,17-18,21,25,37H,4-7,14-16,19-20H2,1-3H3,(H,33,34,35,36);9-12,15,20,22,25-26H,1,7-8,13-14H2,2-6H3;5-6H,3-4H2,1-2H3;3-4H,1-2H3;1,4H,2H2. The van der Waals surface area contributed by atoms with Crippen LogP contribution >= 0.6 is 23.3 Å². The zero-order valence-corrected chi connectivity index (χ0v) is 54.1. The number of likely N-dealkylation sites (tertiary alicyclic amines) is 1. The average molecular weight is 1210 g/mol. The molecule has 1 amide bonds. The number of aliphatic hydroxyl groups excluding tert-OH is 3. The van der Waals surface area contributed by atoms with Gasteiger partial charge in [-0.3, -0.25) is 14.8 Å². The number of hydrogen-bond donors (Lipinski definition) is 7. The molecule has 2 fully saturated rings. The molecule has 3 aromatic carbocycles. The number of benzene rings is 3. The highest BCUT2D eigenvalue weighted by atomic mass is 32.2. The van der Waals surface area contributed by atoms with Crippen molar-refractivity contribution in [2.75, 3.05) is 64.4 Å². The fraction of sp³-hybridized carbons (Fsp3) is 0.538. The minimum absolute atomic E-state index is 0.0131. The first-order valence-electron chi connectivity index (χ1n) is 29.8. The van der Waals surface area contributed by atoms with E-state index in [1.165, 1.54) is 59.7 Å². The Morgan fingerprint density at radius 2 is 1.65 bits per heavy atom. The van der Waals surface area contributed by atoms with E-state index in [-0.39, 0.29) is 48.0 Å². The number of aliphatic hydroxyl groups is 3. The maximum absolute atomic E-state index is 14.1. The number of amides is 1. The molecule has 20 heteroatoms. The molecule has 0 bridgehead atoms. The predicted molar refractivity (Wildman–Crippen MR) is 345 cm³/mol. The summed E-state index contributed by atoms with van der Waals surface area (Å²) in [5.74, 6) is 2.37. The van der Waals surface area contributed by atoms with Crippen LogP contribution in [0.4, 0.5) is 10.1 Å². The normalized spacial score (nSPS) is 15.4. The first-order chi connectivity index (χ1) is 40.6. The van der Waals surface area contributed by atoms with Crippen LogP contribution in [-0.4, -0.2) is 146 Å². The lowest BCUT2D eigenvalue weighted by atomic mass is 9.85. The topological polar surface area (TPSA) is 223 Å². The fourth-order valence-corrected chi connectivity index (χ4v) is 10.9. The van der Waals surface area contributed by atoms with E-state index >= 15 is 0 Å². The van der Waals surface area contributed by atoms with E-state index in [9.17, 15) is 9.18 Å². The molecule has 2 aliphatic heterocycles. The SMILES string of the molecule is C=C(NCc1ccc(-c2scnc2C)cc1)C1CCCN1C(=O)C(NC)C(C)(C)C.CC(C)CCO.CC(C)O.Cc1ccc(F)c(SNc2ccc(-c3nc(OCC4CN(CCCCCC(C)C)CCO4)c4cn[nH]c4n3)cc2)c1.O=CCO. The van der Waals surface area contributed by atoms with Gasteiger partial charge in [-0.15, -0.1) is 11.3 Å². The molecule has 8 rings (SSSR count). The number of aromatic nitrogens is 5. The van der Waals surface area contributed by atoms with Crippen molar-refractivity contribution < 1.29 is 38.8 Å². The number of unbranched alkanes of at least 4 members (excludes halogenated alkanes) is 2. The predicted octanol–water partition coefficient (Wildman–Crippen LogP) is 11.8. The van der Waals surface area contributed by atoms with Gasteiger partial charge in [-0.05, 0) is 149 Å². The van der Waals surface area contributed by atoms with E-state index in [2.05, 4.69) is 120 Å².